The van der Waals surface area contributed by atoms with Gasteiger partial charge in [0, 0.05) is 37.1 Å². The van der Waals surface area contributed by atoms with Gasteiger partial charge in [-0.1, -0.05) is 11.6 Å². The molecule has 1 saturated heterocycles. The molecule has 2 heterocycles. The molecule has 1 fully saturated rings. The SMILES string of the molecule is CC(C)(C)NCc1cnc(N2CCCSCC2)c(Cl)c1. The smallest absolute Gasteiger partial charge is 0.147 e. The van der Waals surface area contributed by atoms with Crippen molar-refractivity contribution in [3.8, 4) is 0 Å². The van der Waals surface area contributed by atoms with E-state index in [4.69, 9.17) is 11.6 Å². The fourth-order valence-corrected chi connectivity index (χ4v) is 3.32. The van der Waals surface area contributed by atoms with E-state index < -0.39 is 0 Å². The molecule has 1 aliphatic rings. The van der Waals surface area contributed by atoms with Crippen LogP contribution in [0.4, 0.5) is 5.82 Å². The molecular formula is C15H24ClN3S. The lowest BCUT2D eigenvalue weighted by Gasteiger charge is -2.23. The van der Waals surface area contributed by atoms with Gasteiger partial charge in [-0.25, -0.2) is 4.98 Å². The molecule has 0 amide bonds. The first kappa shape index (κ1) is 15.9. The average Bonchev–Trinajstić information content (AvgIpc) is 2.64. The van der Waals surface area contributed by atoms with Crippen LogP contribution in [0, 0.1) is 0 Å². The molecule has 0 unspecified atom stereocenters. The summed E-state index contributed by atoms with van der Waals surface area (Å²) in [6, 6.07) is 2.04. The Morgan fingerprint density at radius 1 is 1.35 bits per heavy atom. The Balaban J connectivity index is 2.05. The van der Waals surface area contributed by atoms with Gasteiger partial charge in [-0.3, -0.25) is 0 Å². The summed E-state index contributed by atoms with van der Waals surface area (Å²) in [4.78, 5) is 6.90. The van der Waals surface area contributed by atoms with Crippen molar-refractivity contribution in [3.63, 3.8) is 0 Å². The van der Waals surface area contributed by atoms with E-state index in [9.17, 15) is 0 Å². The van der Waals surface area contributed by atoms with Crippen LogP contribution in [0.1, 0.15) is 32.8 Å². The van der Waals surface area contributed by atoms with E-state index in [2.05, 4.69) is 36.0 Å². The Kier molecular flexibility index (Phi) is 5.58. The molecule has 3 nitrogen and oxygen atoms in total. The van der Waals surface area contributed by atoms with E-state index in [1.165, 1.54) is 12.2 Å². The van der Waals surface area contributed by atoms with E-state index in [1.807, 2.05) is 24.0 Å². The second kappa shape index (κ2) is 7.01. The van der Waals surface area contributed by atoms with Crippen LogP contribution in [-0.2, 0) is 6.54 Å². The van der Waals surface area contributed by atoms with Gasteiger partial charge >= 0.3 is 0 Å². The van der Waals surface area contributed by atoms with Crippen molar-refractivity contribution in [2.45, 2.75) is 39.3 Å². The molecule has 1 aromatic heterocycles. The molecule has 0 spiro atoms. The number of hydrogen-bond donors (Lipinski definition) is 1. The van der Waals surface area contributed by atoms with Crippen LogP contribution in [-0.4, -0.2) is 35.1 Å². The molecular weight excluding hydrogens is 290 g/mol. The molecule has 0 aliphatic carbocycles. The maximum atomic E-state index is 6.43. The number of nitrogens with one attached hydrogen (secondary N) is 1. The summed E-state index contributed by atoms with van der Waals surface area (Å²) in [5.74, 6) is 3.33. The molecule has 0 aromatic carbocycles. The van der Waals surface area contributed by atoms with Crippen molar-refractivity contribution in [1.82, 2.24) is 10.3 Å². The molecule has 1 N–H and O–H groups in total. The Labute approximate surface area is 131 Å². The maximum absolute atomic E-state index is 6.43. The fraction of sp³-hybridized carbons (Fsp3) is 0.667. The van der Waals surface area contributed by atoms with Gasteiger partial charge in [0.25, 0.3) is 0 Å². The second-order valence-electron chi connectivity index (χ2n) is 6.21. The fourth-order valence-electron chi connectivity index (χ4n) is 2.12. The number of anilines is 1. The highest BCUT2D eigenvalue weighted by molar-refractivity contribution is 7.99. The van der Waals surface area contributed by atoms with Gasteiger partial charge in [0.2, 0.25) is 0 Å². The summed E-state index contributed by atoms with van der Waals surface area (Å²) in [6.45, 7) is 9.37. The molecule has 0 radical (unpaired) electrons. The molecule has 0 bridgehead atoms. The van der Waals surface area contributed by atoms with Gasteiger partial charge in [-0.05, 0) is 44.6 Å². The van der Waals surface area contributed by atoms with E-state index >= 15 is 0 Å². The van der Waals surface area contributed by atoms with Gasteiger partial charge in [-0.15, -0.1) is 0 Å². The topological polar surface area (TPSA) is 28.2 Å². The van der Waals surface area contributed by atoms with Gasteiger partial charge < -0.3 is 10.2 Å². The first-order valence-corrected chi connectivity index (χ1v) is 8.71. The number of thioether (sulfide) groups is 1. The van der Waals surface area contributed by atoms with Crippen LogP contribution in [0.3, 0.4) is 0 Å². The standard InChI is InChI=1S/C15H24ClN3S/c1-15(2,3)18-11-12-9-13(16)14(17-10-12)19-5-4-7-20-8-6-19/h9-10,18H,4-8,11H2,1-3H3. The quantitative estimate of drug-likeness (QED) is 0.923. The summed E-state index contributed by atoms with van der Waals surface area (Å²) in [6.07, 6.45) is 3.15. The van der Waals surface area contributed by atoms with E-state index in [1.54, 1.807) is 0 Å². The molecule has 1 aromatic rings. The Bertz CT molecular complexity index is 437. The Hall–Kier alpha value is -0.450. The number of pyridine rings is 1. The first-order chi connectivity index (χ1) is 9.46. The lowest BCUT2D eigenvalue weighted by molar-refractivity contribution is 0.424. The molecule has 20 heavy (non-hydrogen) atoms. The predicted octanol–water partition coefficient (Wildman–Crippen LogP) is 3.57. The molecule has 112 valence electrons. The zero-order valence-electron chi connectivity index (χ0n) is 12.6. The van der Waals surface area contributed by atoms with Crippen LogP contribution in [0.5, 0.6) is 0 Å². The summed E-state index contributed by atoms with van der Waals surface area (Å²) in [5, 5.41) is 4.23. The maximum Gasteiger partial charge on any atom is 0.147 e. The van der Waals surface area contributed by atoms with Crippen LogP contribution >= 0.6 is 23.4 Å². The summed E-state index contributed by atoms with van der Waals surface area (Å²) in [5.41, 5.74) is 1.24. The normalized spacial score (nSPS) is 17.1. The number of halogens is 1. The van der Waals surface area contributed by atoms with Crippen LogP contribution in [0.15, 0.2) is 12.3 Å². The minimum absolute atomic E-state index is 0.104. The van der Waals surface area contributed by atoms with Crippen molar-refractivity contribution >= 4 is 29.2 Å². The van der Waals surface area contributed by atoms with Crippen molar-refractivity contribution in [3.05, 3.63) is 22.8 Å². The van der Waals surface area contributed by atoms with Crippen molar-refractivity contribution in [2.75, 3.05) is 29.5 Å². The summed E-state index contributed by atoms with van der Waals surface area (Å²) < 4.78 is 0. The second-order valence-corrected chi connectivity index (χ2v) is 7.84. The van der Waals surface area contributed by atoms with Gasteiger partial charge in [0.15, 0.2) is 0 Å². The van der Waals surface area contributed by atoms with E-state index in [-0.39, 0.29) is 5.54 Å². The highest BCUT2D eigenvalue weighted by atomic mass is 35.5. The lowest BCUT2D eigenvalue weighted by atomic mass is 10.1. The van der Waals surface area contributed by atoms with Gasteiger partial charge in [0.05, 0.1) is 5.02 Å². The lowest BCUT2D eigenvalue weighted by Crippen LogP contribution is -2.35. The third kappa shape index (κ3) is 4.83. The number of hydrogen-bond acceptors (Lipinski definition) is 4. The largest absolute Gasteiger partial charge is 0.355 e. The zero-order valence-corrected chi connectivity index (χ0v) is 14.2. The average molecular weight is 314 g/mol. The highest BCUT2D eigenvalue weighted by Crippen LogP contribution is 2.26. The van der Waals surface area contributed by atoms with Crippen LogP contribution in [0.25, 0.3) is 0 Å². The van der Waals surface area contributed by atoms with Crippen molar-refractivity contribution < 1.29 is 0 Å². The molecule has 1 aliphatic heterocycles. The van der Waals surface area contributed by atoms with Crippen LogP contribution < -0.4 is 10.2 Å². The third-order valence-corrected chi connectivity index (χ3v) is 4.55. The third-order valence-electron chi connectivity index (χ3n) is 3.22. The first-order valence-electron chi connectivity index (χ1n) is 7.18. The summed E-state index contributed by atoms with van der Waals surface area (Å²) in [7, 11) is 0. The Morgan fingerprint density at radius 2 is 2.15 bits per heavy atom. The van der Waals surface area contributed by atoms with Gasteiger partial charge in [0.1, 0.15) is 5.82 Å². The van der Waals surface area contributed by atoms with Crippen molar-refractivity contribution in [1.29, 1.82) is 0 Å². The minimum Gasteiger partial charge on any atom is -0.355 e. The van der Waals surface area contributed by atoms with E-state index in [0.29, 0.717) is 0 Å². The molecule has 2 rings (SSSR count). The number of aromatic nitrogens is 1. The molecule has 0 atom stereocenters. The number of rotatable bonds is 3. The zero-order chi connectivity index (χ0) is 14.6. The van der Waals surface area contributed by atoms with E-state index in [0.717, 1.165) is 41.8 Å². The predicted molar refractivity (Wildman–Crippen MR) is 90.0 cm³/mol. The monoisotopic (exact) mass is 313 g/mol. The molecule has 5 heteroatoms. The Morgan fingerprint density at radius 3 is 2.85 bits per heavy atom. The highest BCUT2D eigenvalue weighted by Gasteiger charge is 2.15. The van der Waals surface area contributed by atoms with Crippen molar-refractivity contribution in [2.24, 2.45) is 0 Å². The minimum atomic E-state index is 0.104. The van der Waals surface area contributed by atoms with Crippen LogP contribution in [0.2, 0.25) is 5.02 Å². The summed E-state index contributed by atoms with van der Waals surface area (Å²) >= 11 is 8.44. The molecule has 0 saturated carbocycles. The van der Waals surface area contributed by atoms with Gasteiger partial charge in [-0.2, -0.15) is 11.8 Å². The number of nitrogens with zero attached hydrogens (tertiary/aromatic N) is 2.